The summed E-state index contributed by atoms with van der Waals surface area (Å²) in [6, 6.07) is 2.25. The van der Waals surface area contributed by atoms with Gasteiger partial charge in [-0.05, 0) is 38.7 Å². The standard InChI is InChI=1S/C19H26N4O2S/c1-4-20-15-9-10-21-19-16(15)17(18(26-19)12(2)24)23-11-22-13-5-7-14(25-3)8-6-13/h9-11,13-14H,4-8H2,1-3H3,(H,20,21)(H,22,23). The fourth-order valence-electron chi connectivity index (χ4n) is 3.38. The first-order chi connectivity index (χ1) is 12.6. The molecule has 0 aliphatic heterocycles. The maximum Gasteiger partial charge on any atom is 0.171 e. The van der Waals surface area contributed by atoms with Gasteiger partial charge in [-0.15, -0.1) is 11.3 Å². The number of fused-ring (bicyclic) bond motifs is 1. The van der Waals surface area contributed by atoms with Crippen LogP contribution in [0.4, 0.5) is 11.4 Å². The van der Waals surface area contributed by atoms with Crippen molar-refractivity contribution in [2.24, 2.45) is 4.99 Å². The van der Waals surface area contributed by atoms with Crippen molar-refractivity contribution in [1.29, 1.82) is 0 Å². The van der Waals surface area contributed by atoms with Crippen molar-refractivity contribution >= 4 is 45.0 Å². The van der Waals surface area contributed by atoms with Crippen LogP contribution in [0, 0.1) is 0 Å². The number of aliphatic imine (C=N–C) groups is 1. The molecule has 0 amide bonds. The van der Waals surface area contributed by atoms with Crippen LogP contribution in [0.3, 0.4) is 0 Å². The highest BCUT2D eigenvalue weighted by molar-refractivity contribution is 7.21. The van der Waals surface area contributed by atoms with E-state index in [9.17, 15) is 4.79 Å². The maximum absolute atomic E-state index is 12.1. The molecule has 6 nitrogen and oxygen atoms in total. The Morgan fingerprint density at radius 3 is 2.85 bits per heavy atom. The van der Waals surface area contributed by atoms with E-state index in [2.05, 4.69) is 27.5 Å². The SMILES string of the molecule is CCNc1ccnc2sc(C(C)=O)c(NC=NC3CCC(OC)CC3)c12. The van der Waals surface area contributed by atoms with Crippen LogP contribution in [0.5, 0.6) is 0 Å². The Labute approximate surface area is 158 Å². The summed E-state index contributed by atoms with van der Waals surface area (Å²) < 4.78 is 5.41. The number of Topliss-reactive ketones (excluding diaryl/α,β-unsaturated/α-hetero) is 1. The van der Waals surface area contributed by atoms with E-state index in [0.717, 1.165) is 53.8 Å². The number of thiophene rings is 1. The third-order valence-corrected chi connectivity index (χ3v) is 5.95. The van der Waals surface area contributed by atoms with E-state index < -0.39 is 0 Å². The smallest absolute Gasteiger partial charge is 0.171 e. The molecule has 26 heavy (non-hydrogen) atoms. The number of rotatable bonds is 7. The molecule has 2 N–H and O–H groups in total. The summed E-state index contributed by atoms with van der Waals surface area (Å²) in [5, 5.41) is 7.58. The first-order valence-corrected chi connectivity index (χ1v) is 9.93. The maximum atomic E-state index is 12.1. The molecule has 0 aromatic carbocycles. The van der Waals surface area contributed by atoms with Crippen molar-refractivity contribution in [2.75, 3.05) is 24.3 Å². The Kier molecular flexibility index (Phi) is 6.21. The molecule has 3 rings (SSSR count). The molecule has 0 atom stereocenters. The molecule has 0 saturated heterocycles. The zero-order chi connectivity index (χ0) is 18.5. The van der Waals surface area contributed by atoms with Crippen LogP contribution >= 0.6 is 11.3 Å². The lowest BCUT2D eigenvalue weighted by molar-refractivity contribution is 0.0667. The fourth-order valence-corrected chi connectivity index (χ4v) is 4.41. The molecule has 0 spiro atoms. The Hall–Kier alpha value is -1.99. The number of hydrogen-bond acceptors (Lipinski definition) is 6. The summed E-state index contributed by atoms with van der Waals surface area (Å²) in [5.41, 5.74) is 1.79. The van der Waals surface area contributed by atoms with Gasteiger partial charge in [0.1, 0.15) is 4.83 Å². The fraction of sp³-hybridized carbons (Fsp3) is 0.526. The number of carbonyl (C=O) groups excluding carboxylic acids is 1. The Morgan fingerprint density at radius 1 is 1.42 bits per heavy atom. The van der Waals surface area contributed by atoms with Crippen molar-refractivity contribution in [2.45, 2.75) is 51.7 Å². The van der Waals surface area contributed by atoms with E-state index in [4.69, 9.17) is 4.74 Å². The predicted molar refractivity (Wildman–Crippen MR) is 109 cm³/mol. The summed E-state index contributed by atoms with van der Waals surface area (Å²) >= 11 is 1.42. The van der Waals surface area contributed by atoms with Gasteiger partial charge in [0.2, 0.25) is 0 Å². The Bertz CT molecular complexity index is 794. The quantitative estimate of drug-likeness (QED) is 0.429. The Balaban J connectivity index is 1.83. The average Bonchev–Trinajstić information content (AvgIpc) is 3.03. The van der Waals surface area contributed by atoms with Gasteiger partial charge < -0.3 is 15.4 Å². The van der Waals surface area contributed by atoms with Crippen LogP contribution in [-0.2, 0) is 4.74 Å². The first-order valence-electron chi connectivity index (χ1n) is 9.11. The zero-order valence-corrected chi connectivity index (χ0v) is 16.4. The van der Waals surface area contributed by atoms with Crippen molar-refractivity contribution in [3.8, 4) is 0 Å². The van der Waals surface area contributed by atoms with Gasteiger partial charge >= 0.3 is 0 Å². The summed E-state index contributed by atoms with van der Waals surface area (Å²) in [6.45, 7) is 4.45. The van der Waals surface area contributed by atoms with Gasteiger partial charge in [0.25, 0.3) is 0 Å². The first kappa shape index (κ1) is 18.8. The second-order valence-corrected chi connectivity index (χ2v) is 7.52. The molecule has 1 aliphatic carbocycles. The highest BCUT2D eigenvalue weighted by atomic mass is 32.1. The van der Waals surface area contributed by atoms with Gasteiger partial charge in [0.15, 0.2) is 5.78 Å². The number of pyridine rings is 1. The minimum atomic E-state index is 0.0342. The molecular formula is C19H26N4O2S. The minimum Gasteiger partial charge on any atom is -0.385 e. The van der Waals surface area contributed by atoms with Gasteiger partial charge in [-0.3, -0.25) is 9.79 Å². The van der Waals surface area contributed by atoms with E-state index >= 15 is 0 Å². The molecule has 0 unspecified atom stereocenters. The van der Waals surface area contributed by atoms with Gasteiger partial charge in [0.05, 0.1) is 34.4 Å². The van der Waals surface area contributed by atoms with Crippen molar-refractivity contribution < 1.29 is 9.53 Å². The minimum absolute atomic E-state index is 0.0342. The van der Waals surface area contributed by atoms with Crippen LogP contribution in [-0.4, -0.2) is 42.9 Å². The summed E-state index contributed by atoms with van der Waals surface area (Å²) in [6.07, 6.45) is 8.05. The lowest BCUT2D eigenvalue weighted by Gasteiger charge is -2.24. The van der Waals surface area contributed by atoms with Gasteiger partial charge in [-0.2, -0.15) is 0 Å². The van der Waals surface area contributed by atoms with E-state index in [1.807, 2.05) is 6.07 Å². The molecule has 0 radical (unpaired) electrons. The number of methoxy groups -OCH3 is 1. The number of nitrogens with zero attached hydrogens (tertiary/aromatic N) is 2. The van der Waals surface area contributed by atoms with Gasteiger partial charge in [0, 0.05) is 32.5 Å². The normalized spacial score (nSPS) is 20.6. The third kappa shape index (κ3) is 4.04. The van der Waals surface area contributed by atoms with Crippen molar-refractivity contribution in [3.05, 3.63) is 17.1 Å². The second kappa shape index (κ2) is 8.60. The highest BCUT2D eigenvalue weighted by Gasteiger charge is 2.21. The average molecular weight is 375 g/mol. The van der Waals surface area contributed by atoms with E-state index in [1.165, 1.54) is 11.3 Å². The van der Waals surface area contributed by atoms with Crippen molar-refractivity contribution in [1.82, 2.24) is 4.98 Å². The predicted octanol–water partition coefficient (Wildman–Crippen LogP) is 4.33. The molecule has 1 fully saturated rings. The van der Waals surface area contributed by atoms with Crippen LogP contribution < -0.4 is 10.6 Å². The largest absolute Gasteiger partial charge is 0.385 e. The topological polar surface area (TPSA) is 75.6 Å². The van der Waals surface area contributed by atoms with Gasteiger partial charge in [-0.1, -0.05) is 0 Å². The summed E-state index contributed by atoms with van der Waals surface area (Å²) in [5.74, 6) is 0.0342. The molecule has 7 heteroatoms. The number of carbonyl (C=O) groups is 1. The number of nitrogens with one attached hydrogen (secondary N) is 2. The molecule has 0 bridgehead atoms. The van der Waals surface area contributed by atoms with Crippen LogP contribution in [0.25, 0.3) is 10.2 Å². The molecule has 2 aromatic heterocycles. The van der Waals surface area contributed by atoms with Crippen LogP contribution in [0.15, 0.2) is 17.3 Å². The van der Waals surface area contributed by atoms with Crippen LogP contribution in [0.2, 0.25) is 0 Å². The molecule has 2 heterocycles. The number of hydrogen-bond donors (Lipinski definition) is 2. The van der Waals surface area contributed by atoms with Crippen LogP contribution in [0.1, 0.15) is 49.2 Å². The van der Waals surface area contributed by atoms with Gasteiger partial charge in [-0.25, -0.2) is 4.98 Å². The highest BCUT2D eigenvalue weighted by Crippen LogP contribution is 2.39. The summed E-state index contributed by atoms with van der Waals surface area (Å²) in [7, 11) is 1.77. The second-order valence-electron chi connectivity index (χ2n) is 6.52. The number of anilines is 2. The lowest BCUT2D eigenvalue weighted by Crippen LogP contribution is -2.22. The number of aromatic nitrogens is 1. The van der Waals surface area contributed by atoms with E-state index in [1.54, 1.807) is 26.6 Å². The molecule has 140 valence electrons. The molecule has 1 saturated carbocycles. The molecular weight excluding hydrogens is 348 g/mol. The molecule has 2 aromatic rings. The zero-order valence-electron chi connectivity index (χ0n) is 15.5. The summed E-state index contributed by atoms with van der Waals surface area (Å²) in [4.78, 5) is 22.7. The lowest BCUT2D eigenvalue weighted by atomic mass is 9.93. The van der Waals surface area contributed by atoms with Crippen molar-refractivity contribution in [3.63, 3.8) is 0 Å². The number of ketones is 1. The third-order valence-electron chi connectivity index (χ3n) is 4.75. The monoisotopic (exact) mass is 374 g/mol. The Morgan fingerprint density at radius 2 is 2.19 bits per heavy atom. The van der Waals surface area contributed by atoms with E-state index in [0.29, 0.717) is 17.0 Å². The van der Waals surface area contributed by atoms with E-state index in [-0.39, 0.29) is 5.78 Å². The number of ether oxygens (including phenoxy) is 1. The molecule has 1 aliphatic rings.